The minimum absolute atomic E-state index is 0. The van der Waals surface area contributed by atoms with Crippen molar-refractivity contribution < 1.29 is 9.47 Å². The molecular formula is C16H17ClN2O2. The highest BCUT2D eigenvalue weighted by atomic mass is 35.5. The van der Waals surface area contributed by atoms with Crippen molar-refractivity contribution in [2.24, 2.45) is 0 Å². The lowest BCUT2D eigenvalue weighted by Crippen LogP contribution is -1.89. The van der Waals surface area contributed by atoms with Gasteiger partial charge in [-0.2, -0.15) is 0 Å². The first kappa shape index (κ1) is 18.5. The third kappa shape index (κ3) is 5.55. The molecule has 5 heteroatoms. The van der Waals surface area contributed by atoms with Crippen molar-refractivity contribution in [1.29, 1.82) is 10.8 Å². The van der Waals surface area contributed by atoms with Crippen molar-refractivity contribution in [1.82, 2.24) is 0 Å². The maximum Gasteiger partial charge on any atom is 0.129 e. The Bertz CT molecular complexity index is 583. The van der Waals surface area contributed by atoms with E-state index in [1.807, 2.05) is 42.5 Å². The monoisotopic (exact) mass is 304 g/mol. The molecule has 2 rings (SSSR count). The molecule has 4 nitrogen and oxygen atoms in total. The molecule has 0 aliphatic rings. The molecule has 0 amide bonds. The van der Waals surface area contributed by atoms with Gasteiger partial charge in [0.15, 0.2) is 0 Å². The smallest absolute Gasteiger partial charge is 0.129 e. The van der Waals surface area contributed by atoms with Crippen molar-refractivity contribution in [2.45, 2.75) is 0 Å². The van der Waals surface area contributed by atoms with E-state index in [4.69, 9.17) is 20.3 Å². The number of methoxy groups -OCH3 is 2. The van der Waals surface area contributed by atoms with Gasteiger partial charge >= 0.3 is 0 Å². The minimum atomic E-state index is 0. The third-order valence-corrected chi connectivity index (χ3v) is 2.70. The van der Waals surface area contributed by atoms with Crippen LogP contribution in [-0.4, -0.2) is 14.2 Å². The number of benzene rings is 2. The molecule has 0 fully saturated rings. The summed E-state index contributed by atoms with van der Waals surface area (Å²) in [6, 6.07) is 16.0. The molecule has 0 unspecified atom stereocenters. The summed E-state index contributed by atoms with van der Waals surface area (Å²) in [6.45, 7) is 0. The van der Waals surface area contributed by atoms with E-state index in [1.165, 1.54) is 0 Å². The van der Waals surface area contributed by atoms with E-state index in [9.17, 15) is 0 Å². The van der Waals surface area contributed by atoms with E-state index in [1.54, 1.807) is 14.2 Å². The fourth-order valence-electron chi connectivity index (χ4n) is 1.71. The predicted octanol–water partition coefficient (Wildman–Crippen LogP) is 4.33. The van der Waals surface area contributed by atoms with Crippen molar-refractivity contribution >= 4 is 24.6 Å². The zero-order chi connectivity index (χ0) is 14.8. The number of rotatable bonds is 4. The van der Waals surface area contributed by atoms with E-state index in [-0.39, 0.29) is 12.4 Å². The Morgan fingerprint density at radius 1 is 0.857 bits per heavy atom. The molecule has 2 aromatic rings. The molecule has 0 aliphatic carbocycles. The molecule has 2 aromatic carbocycles. The fraction of sp³-hybridized carbons (Fsp3) is 0.125. The molecule has 0 aliphatic heterocycles. The highest BCUT2D eigenvalue weighted by molar-refractivity contribution is 5.85. The molecule has 0 atom stereocenters. The van der Waals surface area contributed by atoms with Gasteiger partial charge in [0.25, 0.3) is 0 Å². The van der Waals surface area contributed by atoms with E-state index in [0.717, 1.165) is 22.6 Å². The quantitative estimate of drug-likeness (QED) is 0.623. The predicted molar refractivity (Wildman–Crippen MR) is 85.6 cm³/mol. The lowest BCUT2D eigenvalue weighted by Gasteiger charge is -2.07. The highest BCUT2D eigenvalue weighted by Crippen LogP contribution is 2.26. The first-order valence-corrected chi connectivity index (χ1v) is 5.98. The number of nitrogens with zero attached hydrogens (tertiary/aromatic N) is 2. The van der Waals surface area contributed by atoms with Gasteiger partial charge in [0.1, 0.15) is 11.5 Å². The topological polar surface area (TPSA) is 66.0 Å². The Labute approximate surface area is 130 Å². The van der Waals surface area contributed by atoms with Gasteiger partial charge in [-0.1, -0.05) is 42.5 Å². The number of halogens is 1. The molecule has 0 heterocycles. The van der Waals surface area contributed by atoms with Crippen LogP contribution >= 0.6 is 12.4 Å². The fourth-order valence-corrected chi connectivity index (χ4v) is 1.71. The largest absolute Gasteiger partial charge is 0.497 e. The van der Waals surface area contributed by atoms with E-state index in [2.05, 4.69) is 18.2 Å². The Hall–Kier alpha value is -2.51. The third-order valence-electron chi connectivity index (χ3n) is 2.70. The highest BCUT2D eigenvalue weighted by Gasteiger charge is 2.01. The van der Waals surface area contributed by atoms with Gasteiger partial charge in [-0.3, -0.25) is 0 Å². The minimum Gasteiger partial charge on any atom is -0.497 e. The van der Waals surface area contributed by atoms with Crippen LogP contribution in [0.5, 0.6) is 11.5 Å². The molecule has 110 valence electrons. The van der Waals surface area contributed by atoms with Crippen LogP contribution in [0.3, 0.4) is 0 Å². The van der Waals surface area contributed by atoms with Crippen LogP contribution in [0.4, 0.5) is 0 Å². The average Bonchev–Trinajstić information content (AvgIpc) is 2.55. The van der Waals surface area contributed by atoms with E-state index < -0.39 is 0 Å². The van der Waals surface area contributed by atoms with Crippen LogP contribution in [-0.2, 0) is 0 Å². The molecule has 0 bridgehead atoms. The average molecular weight is 305 g/mol. The second-order valence-electron chi connectivity index (χ2n) is 3.85. The number of hydrogen-bond donors (Lipinski definition) is 0. The van der Waals surface area contributed by atoms with Gasteiger partial charge in [-0.15, -0.1) is 12.4 Å². The number of hydrogen-bond acceptors (Lipinski definition) is 4. The molecule has 0 saturated carbocycles. The Balaban J connectivity index is 0.00000128. The number of ether oxygens (including phenoxy) is 2. The Morgan fingerprint density at radius 2 is 1.52 bits per heavy atom. The second-order valence-corrected chi connectivity index (χ2v) is 3.85. The van der Waals surface area contributed by atoms with Gasteiger partial charge in [-0.25, -0.2) is 0 Å². The summed E-state index contributed by atoms with van der Waals surface area (Å²) in [5.74, 6) is 1.60. The van der Waals surface area contributed by atoms with Crippen molar-refractivity contribution in [2.75, 3.05) is 14.2 Å². The Morgan fingerprint density at radius 3 is 2.10 bits per heavy atom. The summed E-state index contributed by atoms with van der Waals surface area (Å²) in [5.41, 5.74) is 2.19. The second kappa shape index (κ2) is 10.3. The molecule has 0 aromatic heterocycles. The summed E-state index contributed by atoms with van der Waals surface area (Å²) in [5, 5.41) is 12.0. The zero-order valence-electron chi connectivity index (χ0n) is 11.9. The molecule has 0 N–H and O–H groups in total. The SMILES string of the molecule is COc1ccc(C=Cc2ccccc2)c(OC)c1.Cl.N#N. The van der Waals surface area contributed by atoms with Crippen LogP contribution in [0.1, 0.15) is 11.1 Å². The summed E-state index contributed by atoms with van der Waals surface area (Å²) in [4.78, 5) is 0. The lowest BCUT2D eigenvalue weighted by molar-refractivity contribution is 0.394. The summed E-state index contributed by atoms with van der Waals surface area (Å²) in [6.07, 6.45) is 4.10. The van der Waals surface area contributed by atoms with Crippen molar-refractivity contribution in [3.63, 3.8) is 0 Å². The van der Waals surface area contributed by atoms with Gasteiger partial charge in [0, 0.05) is 22.4 Å². The van der Waals surface area contributed by atoms with E-state index >= 15 is 0 Å². The molecule has 21 heavy (non-hydrogen) atoms. The summed E-state index contributed by atoms with van der Waals surface area (Å²) >= 11 is 0. The van der Waals surface area contributed by atoms with Crippen LogP contribution in [0, 0.1) is 10.8 Å². The Kier molecular flexibility index (Phi) is 9.07. The molecule has 0 spiro atoms. The van der Waals surface area contributed by atoms with Gasteiger partial charge in [0.05, 0.1) is 14.2 Å². The van der Waals surface area contributed by atoms with Gasteiger partial charge in [0.2, 0.25) is 0 Å². The van der Waals surface area contributed by atoms with Crippen LogP contribution in [0.25, 0.3) is 12.2 Å². The van der Waals surface area contributed by atoms with Crippen LogP contribution in [0.2, 0.25) is 0 Å². The normalized spacial score (nSPS) is 9.14. The van der Waals surface area contributed by atoms with Gasteiger partial charge < -0.3 is 9.47 Å². The summed E-state index contributed by atoms with van der Waals surface area (Å²) in [7, 11) is 3.31. The maximum atomic E-state index is 6.00. The van der Waals surface area contributed by atoms with Gasteiger partial charge in [-0.05, 0) is 17.7 Å². The first-order chi connectivity index (χ1) is 9.83. The van der Waals surface area contributed by atoms with Crippen molar-refractivity contribution in [3.8, 4) is 11.5 Å². The molecule has 0 saturated heterocycles. The molecular weight excluding hydrogens is 288 g/mol. The lowest BCUT2D eigenvalue weighted by atomic mass is 10.1. The summed E-state index contributed by atoms with van der Waals surface area (Å²) < 4.78 is 10.5. The standard InChI is InChI=1S/C16H16O2.ClH.N2/c1-17-15-11-10-14(16(12-15)18-2)9-8-13-6-4-3-5-7-13;;1-2/h3-12H,1-2H3;1H;. The maximum absolute atomic E-state index is 6.00. The zero-order valence-corrected chi connectivity index (χ0v) is 12.7. The van der Waals surface area contributed by atoms with Crippen molar-refractivity contribution in [3.05, 3.63) is 59.7 Å². The van der Waals surface area contributed by atoms with Crippen LogP contribution < -0.4 is 9.47 Å². The molecule has 0 radical (unpaired) electrons. The first-order valence-electron chi connectivity index (χ1n) is 5.98. The van der Waals surface area contributed by atoms with E-state index in [0.29, 0.717) is 0 Å². The van der Waals surface area contributed by atoms with Crippen LogP contribution in [0.15, 0.2) is 48.5 Å².